The number of nitrogens with zero attached hydrogens (tertiary/aromatic N) is 1. The van der Waals surface area contributed by atoms with Gasteiger partial charge in [-0.15, -0.1) is 0 Å². The molecular weight excluding hydrogens is 488 g/mol. The fraction of sp³-hybridized carbons (Fsp3) is 0.310. The summed E-state index contributed by atoms with van der Waals surface area (Å²) in [6.45, 7) is 6.69. The Kier molecular flexibility index (Phi) is 14.9. The maximum Gasteiger partial charge on any atom is 0.305 e. The number of esters is 2. The summed E-state index contributed by atoms with van der Waals surface area (Å²) in [4.78, 5) is 36.4. The van der Waals surface area contributed by atoms with E-state index in [1.165, 1.54) is 37.4 Å². The van der Waals surface area contributed by atoms with E-state index in [4.69, 9.17) is 19.9 Å². The second-order valence-corrected chi connectivity index (χ2v) is 7.95. The normalized spacial score (nSPS) is 10.3. The molecule has 1 amide bonds. The lowest BCUT2D eigenvalue weighted by Crippen LogP contribution is -2.17. The number of nitrogens with two attached hydrogens (primary N) is 1. The van der Waals surface area contributed by atoms with Gasteiger partial charge in [-0.3, -0.25) is 14.4 Å². The van der Waals surface area contributed by atoms with Crippen molar-refractivity contribution >= 4 is 17.8 Å². The molecule has 2 N–H and O–H groups in total. The maximum absolute atomic E-state index is 11.1. The van der Waals surface area contributed by atoms with Gasteiger partial charge in [0.1, 0.15) is 6.10 Å². The van der Waals surface area contributed by atoms with Crippen LogP contribution < -0.4 is 15.2 Å². The highest BCUT2D eigenvalue weighted by Crippen LogP contribution is 2.29. The van der Waals surface area contributed by atoms with Gasteiger partial charge in [-0.05, 0) is 19.4 Å². The number of amides is 1. The minimum absolute atomic E-state index is 0. The molecule has 206 valence electrons. The molecule has 9 heteroatoms. The van der Waals surface area contributed by atoms with Crippen LogP contribution in [0.4, 0.5) is 0 Å². The Hall–Kier alpha value is -4.40. The molecule has 0 fully saturated rings. The van der Waals surface area contributed by atoms with Crippen molar-refractivity contribution in [3.63, 3.8) is 0 Å². The number of benzene rings is 2. The van der Waals surface area contributed by atoms with Crippen LogP contribution in [0.5, 0.6) is 11.5 Å². The van der Waals surface area contributed by atoms with Gasteiger partial charge < -0.3 is 24.7 Å². The average molecular weight is 527 g/mol. The predicted molar refractivity (Wildman–Crippen MR) is 146 cm³/mol. The first-order chi connectivity index (χ1) is 18.2. The van der Waals surface area contributed by atoms with Crippen LogP contribution in [0.2, 0.25) is 0 Å². The molecule has 1 heterocycles. The SMILES string of the molecule is CCC(=O)O[C@@H](C)Cc1ccccc1.COc1ccnc(C(N)=O)c1OCOC(C)=O.Cc1ccccc1.[HH]. The molecule has 3 rings (SSSR count). The standard InChI is InChI=1S/C12H16O2.C10H12N2O5.C7H8.H2/c1-3-12(13)14-10(2)9-11-7-5-4-6-8-11;1-6(13)16-5-17-9-7(15-2)3-4-12-8(9)10(11)14;1-7-5-3-2-4-6-7;/h4-8,10H,3,9H2,1-2H3;3-4H,5H2,1-2H3,(H2,11,14);2-6H,1H3;1H/t10-;;;/m0.../s1. The van der Waals surface area contributed by atoms with E-state index in [9.17, 15) is 14.4 Å². The van der Waals surface area contributed by atoms with Crippen molar-refractivity contribution in [1.29, 1.82) is 0 Å². The van der Waals surface area contributed by atoms with Crippen LogP contribution in [0.25, 0.3) is 0 Å². The fourth-order valence-corrected chi connectivity index (χ4v) is 2.91. The van der Waals surface area contributed by atoms with Gasteiger partial charge in [0.2, 0.25) is 6.79 Å². The highest BCUT2D eigenvalue weighted by molar-refractivity contribution is 5.94. The third kappa shape index (κ3) is 13.1. The molecule has 0 saturated heterocycles. The summed E-state index contributed by atoms with van der Waals surface area (Å²) in [6, 6.07) is 21.8. The first-order valence-corrected chi connectivity index (χ1v) is 12.0. The zero-order valence-electron chi connectivity index (χ0n) is 22.5. The minimum Gasteiger partial charge on any atom is -0.493 e. The van der Waals surface area contributed by atoms with Crippen molar-refractivity contribution in [2.24, 2.45) is 5.73 Å². The monoisotopic (exact) mass is 526 g/mol. The molecule has 38 heavy (non-hydrogen) atoms. The summed E-state index contributed by atoms with van der Waals surface area (Å²) in [5.41, 5.74) is 7.56. The van der Waals surface area contributed by atoms with Crippen LogP contribution in [0.3, 0.4) is 0 Å². The quantitative estimate of drug-likeness (QED) is 0.308. The third-order valence-corrected chi connectivity index (χ3v) is 4.71. The molecule has 0 saturated carbocycles. The molecule has 1 atom stereocenters. The van der Waals surface area contributed by atoms with Crippen molar-refractivity contribution in [1.82, 2.24) is 4.98 Å². The van der Waals surface area contributed by atoms with Crippen LogP contribution in [-0.2, 0) is 25.5 Å². The van der Waals surface area contributed by atoms with Crippen molar-refractivity contribution in [2.45, 2.75) is 46.6 Å². The Labute approximate surface area is 225 Å². The topological polar surface area (TPSA) is 127 Å². The number of methoxy groups -OCH3 is 1. The summed E-state index contributed by atoms with van der Waals surface area (Å²) >= 11 is 0. The summed E-state index contributed by atoms with van der Waals surface area (Å²) < 4.78 is 19.8. The van der Waals surface area contributed by atoms with Crippen LogP contribution in [0.1, 0.15) is 50.2 Å². The average Bonchev–Trinajstić information content (AvgIpc) is 2.90. The Balaban J connectivity index is 0.000000590. The fourth-order valence-electron chi connectivity index (χ4n) is 2.91. The van der Waals surface area contributed by atoms with E-state index in [0.29, 0.717) is 6.42 Å². The van der Waals surface area contributed by atoms with Gasteiger partial charge >= 0.3 is 11.9 Å². The van der Waals surface area contributed by atoms with Crippen molar-refractivity contribution in [3.8, 4) is 11.5 Å². The van der Waals surface area contributed by atoms with Gasteiger partial charge in [0.05, 0.1) is 7.11 Å². The zero-order chi connectivity index (χ0) is 28.3. The Morgan fingerprint density at radius 1 is 1.00 bits per heavy atom. The lowest BCUT2D eigenvalue weighted by atomic mass is 10.1. The molecule has 0 unspecified atom stereocenters. The summed E-state index contributed by atoms with van der Waals surface area (Å²) in [5.74, 6) is -1.08. The number of hydrogen-bond donors (Lipinski definition) is 1. The molecule has 0 aliphatic carbocycles. The lowest BCUT2D eigenvalue weighted by molar-refractivity contribution is -0.148. The number of aryl methyl sites for hydroxylation is 1. The van der Waals surface area contributed by atoms with Crippen molar-refractivity contribution in [3.05, 3.63) is 89.7 Å². The summed E-state index contributed by atoms with van der Waals surface area (Å²) in [5, 5.41) is 0. The Bertz CT molecular complexity index is 1130. The third-order valence-electron chi connectivity index (χ3n) is 4.71. The molecule has 3 aromatic rings. The lowest BCUT2D eigenvalue weighted by Gasteiger charge is -2.12. The number of carbonyl (C=O) groups is 3. The number of pyridine rings is 1. The molecule has 0 aliphatic heterocycles. The second-order valence-electron chi connectivity index (χ2n) is 7.95. The number of rotatable bonds is 9. The van der Waals surface area contributed by atoms with E-state index in [1.807, 2.05) is 55.5 Å². The van der Waals surface area contributed by atoms with E-state index in [-0.39, 0.29) is 37.5 Å². The maximum atomic E-state index is 11.1. The molecule has 1 aromatic heterocycles. The molecule has 0 aliphatic rings. The largest absolute Gasteiger partial charge is 0.493 e. The van der Waals surface area contributed by atoms with Gasteiger partial charge in [-0.1, -0.05) is 73.2 Å². The zero-order valence-corrected chi connectivity index (χ0v) is 22.5. The van der Waals surface area contributed by atoms with Crippen LogP contribution in [0.15, 0.2) is 72.9 Å². The van der Waals surface area contributed by atoms with Crippen molar-refractivity contribution < 1.29 is 34.8 Å². The molecule has 2 aromatic carbocycles. The number of aromatic nitrogens is 1. The van der Waals surface area contributed by atoms with E-state index in [2.05, 4.69) is 28.8 Å². The minimum atomic E-state index is -0.762. The molecule has 9 nitrogen and oxygen atoms in total. The van der Waals surface area contributed by atoms with E-state index in [1.54, 1.807) is 6.92 Å². The van der Waals surface area contributed by atoms with Crippen LogP contribution in [-0.4, -0.2) is 42.8 Å². The number of primary amides is 1. The van der Waals surface area contributed by atoms with Crippen LogP contribution >= 0.6 is 0 Å². The van der Waals surface area contributed by atoms with Crippen molar-refractivity contribution in [2.75, 3.05) is 13.9 Å². The van der Waals surface area contributed by atoms with Gasteiger partial charge in [-0.25, -0.2) is 4.98 Å². The highest BCUT2D eigenvalue weighted by Gasteiger charge is 2.16. The van der Waals surface area contributed by atoms with Gasteiger partial charge in [-0.2, -0.15) is 0 Å². The van der Waals surface area contributed by atoms with E-state index < -0.39 is 11.9 Å². The van der Waals surface area contributed by atoms with Gasteiger partial charge in [0.25, 0.3) is 5.91 Å². The number of carbonyl (C=O) groups excluding carboxylic acids is 3. The smallest absolute Gasteiger partial charge is 0.305 e. The molecular formula is C29H38N2O7. The molecule has 0 spiro atoms. The predicted octanol–water partition coefficient (Wildman–Crippen LogP) is 4.90. The first kappa shape index (κ1) is 31.6. The van der Waals surface area contributed by atoms with E-state index >= 15 is 0 Å². The van der Waals surface area contributed by atoms with Gasteiger partial charge in [0, 0.05) is 33.5 Å². The molecule has 0 bridgehead atoms. The molecule has 0 radical (unpaired) electrons. The first-order valence-electron chi connectivity index (χ1n) is 12.0. The summed E-state index contributed by atoms with van der Waals surface area (Å²) in [7, 11) is 1.40. The number of ether oxygens (including phenoxy) is 4. The van der Waals surface area contributed by atoms with Crippen LogP contribution in [0, 0.1) is 6.92 Å². The number of hydrogen-bond acceptors (Lipinski definition) is 8. The second kappa shape index (κ2) is 17.9. The highest BCUT2D eigenvalue weighted by atomic mass is 16.7. The van der Waals surface area contributed by atoms with Gasteiger partial charge in [0.15, 0.2) is 17.2 Å². The van der Waals surface area contributed by atoms with E-state index in [0.717, 1.165) is 6.42 Å². The Morgan fingerprint density at radius 3 is 2.08 bits per heavy atom. The summed E-state index contributed by atoms with van der Waals surface area (Å²) in [6.07, 6.45) is 2.55. The Morgan fingerprint density at radius 2 is 1.61 bits per heavy atom.